The number of nitrogens with one attached hydrogen (secondary N) is 1. The molecule has 2 heterocycles. The maximum absolute atomic E-state index is 13.2. The van der Waals surface area contributed by atoms with Gasteiger partial charge in [0, 0.05) is 37.9 Å². The predicted octanol–water partition coefficient (Wildman–Crippen LogP) is 4.62. The first kappa shape index (κ1) is 22.5. The molecular weight excluding hydrogens is 398 g/mol. The number of carbonyl (C=O) groups is 2. The van der Waals surface area contributed by atoms with Gasteiger partial charge < -0.3 is 10.2 Å². The lowest BCUT2D eigenvalue weighted by Gasteiger charge is -2.42. The van der Waals surface area contributed by atoms with Gasteiger partial charge in [-0.2, -0.15) is 0 Å². The molecule has 1 saturated heterocycles. The van der Waals surface area contributed by atoms with Crippen LogP contribution in [0.15, 0.2) is 48.8 Å². The number of amides is 2. The highest BCUT2D eigenvalue weighted by molar-refractivity contribution is 5.84. The summed E-state index contributed by atoms with van der Waals surface area (Å²) in [6, 6.07) is 12.5. The summed E-state index contributed by atoms with van der Waals surface area (Å²) >= 11 is 0. The molecule has 0 unspecified atom stereocenters. The molecule has 1 aromatic carbocycles. The highest BCUT2D eigenvalue weighted by Gasteiger charge is 2.42. The van der Waals surface area contributed by atoms with E-state index in [9.17, 15) is 9.59 Å². The van der Waals surface area contributed by atoms with Gasteiger partial charge >= 0.3 is 0 Å². The smallest absolute Gasteiger partial charge is 0.226 e. The summed E-state index contributed by atoms with van der Waals surface area (Å²) in [5.74, 6) is 0.630. The molecule has 32 heavy (non-hydrogen) atoms. The van der Waals surface area contributed by atoms with E-state index >= 15 is 0 Å². The average Bonchev–Trinajstić information content (AvgIpc) is 2.85. The van der Waals surface area contributed by atoms with Crippen LogP contribution in [0.25, 0.3) is 11.1 Å². The van der Waals surface area contributed by atoms with E-state index in [1.165, 1.54) is 19.3 Å². The van der Waals surface area contributed by atoms with E-state index in [1.807, 2.05) is 24.0 Å². The van der Waals surface area contributed by atoms with Gasteiger partial charge in [0.1, 0.15) is 0 Å². The number of likely N-dealkylation sites (tertiary alicyclic amines) is 1. The van der Waals surface area contributed by atoms with Crippen LogP contribution in [0.4, 0.5) is 0 Å². The lowest BCUT2D eigenvalue weighted by molar-refractivity contribution is -0.143. The van der Waals surface area contributed by atoms with Gasteiger partial charge in [-0.05, 0) is 67.9 Å². The van der Waals surface area contributed by atoms with Gasteiger partial charge in [0.05, 0.1) is 5.41 Å². The summed E-state index contributed by atoms with van der Waals surface area (Å²) in [5, 5.41) is 3.08. The number of aromatic nitrogens is 1. The van der Waals surface area contributed by atoms with Crippen molar-refractivity contribution in [2.75, 3.05) is 19.6 Å². The number of pyridine rings is 1. The zero-order chi connectivity index (χ0) is 22.4. The molecular formula is C27H35N3O2. The summed E-state index contributed by atoms with van der Waals surface area (Å²) in [4.78, 5) is 32.4. The molecule has 4 rings (SSSR count). The first-order valence-electron chi connectivity index (χ1n) is 12.2. The van der Waals surface area contributed by atoms with Gasteiger partial charge in [0.15, 0.2) is 0 Å². The molecule has 1 saturated carbocycles. The van der Waals surface area contributed by atoms with Crippen LogP contribution >= 0.6 is 0 Å². The molecule has 5 heteroatoms. The Morgan fingerprint density at radius 1 is 1.03 bits per heavy atom. The van der Waals surface area contributed by atoms with Crippen molar-refractivity contribution in [3.63, 3.8) is 0 Å². The molecule has 2 fully saturated rings. The van der Waals surface area contributed by atoms with Gasteiger partial charge in [-0.25, -0.2) is 0 Å². The van der Waals surface area contributed by atoms with E-state index < -0.39 is 5.41 Å². The van der Waals surface area contributed by atoms with Crippen LogP contribution in [0.1, 0.15) is 57.4 Å². The predicted molar refractivity (Wildman–Crippen MR) is 127 cm³/mol. The first-order valence-corrected chi connectivity index (χ1v) is 12.2. The van der Waals surface area contributed by atoms with Crippen LogP contribution in [-0.2, 0) is 16.0 Å². The molecule has 2 amide bonds. The fourth-order valence-electron chi connectivity index (χ4n) is 5.39. The maximum Gasteiger partial charge on any atom is 0.226 e. The number of piperidine rings is 1. The van der Waals surface area contributed by atoms with E-state index in [0.717, 1.165) is 42.4 Å². The highest BCUT2D eigenvalue weighted by atomic mass is 16.2. The molecule has 0 atom stereocenters. The van der Waals surface area contributed by atoms with E-state index in [1.54, 1.807) is 12.4 Å². The molecule has 0 spiro atoms. The SMILES string of the molecule is CCNC(=O)C1(Cc2cccc(-c3ccncc3)c2)CCN(C(=O)C2CCCCC2)CC1. The Hall–Kier alpha value is -2.69. The van der Waals surface area contributed by atoms with Crippen LogP contribution < -0.4 is 5.32 Å². The molecule has 170 valence electrons. The molecule has 0 bridgehead atoms. The maximum atomic E-state index is 13.2. The molecule has 1 aliphatic carbocycles. The number of rotatable bonds is 6. The van der Waals surface area contributed by atoms with Crippen molar-refractivity contribution in [3.8, 4) is 11.1 Å². The van der Waals surface area contributed by atoms with E-state index in [0.29, 0.717) is 32.0 Å². The fourth-order valence-corrected chi connectivity index (χ4v) is 5.39. The number of nitrogens with zero attached hydrogens (tertiary/aromatic N) is 2. The van der Waals surface area contributed by atoms with Crippen molar-refractivity contribution in [2.24, 2.45) is 11.3 Å². The second kappa shape index (κ2) is 10.3. The van der Waals surface area contributed by atoms with Crippen molar-refractivity contribution < 1.29 is 9.59 Å². The average molecular weight is 434 g/mol. The lowest BCUT2D eigenvalue weighted by atomic mass is 9.72. The van der Waals surface area contributed by atoms with Gasteiger partial charge in [0.25, 0.3) is 0 Å². The zero-order valence-corrected chi connectivity index (χ0v) is 19.2. The molecule has 1 N–H and O–H groups in total. The van der Waals surface area contributed by atoms with Gasteiger partial charge in [-0.15, -0.1) is 0 Å². The molecule has 5 nitrogen and oxygen atoms in total. The van der Waals surface area contributed by atoms with Gasteiger partial charge in [-0.3, -0.25) is 14.6 Å². The van der Waals surface area contributed by atoms with E-state index in [2.05, 4.69) is 34.6 Å². The van der Waals surface area contributed by atoms with Crippen molar-refractivity contribution >= 4 is 11.8 Å². The zero-order valence-electron chi connectivity index (χ0n) is 19.2. The van der Waals surface area contributed by atoms with Crippen molar-refractivity contribution in [1.29, 1.82) is 0 Å². The summed E-state index contributed by atoms with van der Waals surface area (Å²) in [5.41, 5.74) is 2.97. The number of benzene rings is 1. The fraction of sp³-hybridized carbons (Fsp3) is 0.519. The largest absolute Gasteiger partial charge is 0.356 e. The number of carbonyl (C=O) groups excluding carboxylic acids is 2. The second-order valence-electron chi connectivity index (χ2n) is 9.41. The number of hydrogen-bond donors (Lipinski definition) is 1. The Kier molecular flexibility index (Phi) is 7.23. The van der Waals surface area contributed by atoms with Crippen LogP contribution in [0.5, 0.6) is 0 Å². The Morgan fingerprint density at radius 3 is 2.44 bits per heavy atom. The third-order valence-corrected chi connectivity index (χ3v) is 7.29. The first-order chi connectivity index (χ1) is 15.6. The monoisotopic (exact) mass is 433 g/mol. The Bertz CT molecular complexity index is 914. The Balaban J connectivity index is 1.50. The summed E-state index contributed by atoms with van der Waals surface area (Å²) in [6.07, 6.45) is 11.4. The Labute approximate surface area is 191 Å². The summed E-state index contributed by atoms with van der Waals surface area (Å²) in [6.45, 7) is 3.95. The molecule has 2 aromatic rings. The lowest BCUT2D eigenvalue weighted by Crippen LogP contribution is -2.52. The van der Waals surface area contributed by atoms with Crippen LogP contribution in [-0.4, -0.2) is 41.3 Å². The molecule has 2 aliphatic rings. The third-order valence-electron chi connectivity index (χ3n) is 7.29. The van der Waals surface area contributed by atoms with Crippen molar-refractivity contribution in [1.82, 2.24) is 15.2 Å². The minimum absolute atomic E-state index is 0.124. The van der Waals surface area contributed by atoms with Crippen LogP contribution in [0.3, 0.4) is 0 Å². The number of hydrogen-bond acceptors (Lipinski definition) is 3. The molecule has 1 aliphatic heterocycles. The minimum atomic E-state index is -0.462. The summed E-state index contributed by atoms with van der Waals surface area (Å²) in [7, 11) is 0. The van der Waals surface area contributed by atoms with Gasteiger partial charge in [-0.1, -0.05) is 43.5 Å². The molecule has 0 radical (unpaired) electrons. The van der Waals surface area contributed by atoms with E-state index in [-0.39, 0.29) is 11.8 Å². The highest BCUT2D eigenvalue weighted by Crippen LogP contribution is 2.37. The quantitative estimate of drug-likeness (QED) is 0.723. The molecule has 1 aromatic heterocycles. The summed E-state index contributed by atoms with van der Waals surface area (Å²) < 4.78 is 0. The standard InChI is InChI=1S/C27H35N3O2/c1-2-29-26(32)27(13-17-30(18-14-27)25(31)23-8-4-3-5-9-23)20-21-7-6-10-24(19-21)22-11-15-28-16-12-22/h6-7,10-12,15-16,19,23H,2-5,8-9,13-14,17-18,20H2,1H3,(H,29,32). The van der Waals surface area contributed by atoms with E-state index in [4.69, 9.17) is 0 Å². The normalized spacial score (nSPS) is 18.8. The Morgan fingerprint density at radius 2 is 1.75 bits per heavy atom. The topological polar surface area (TPSA) is 62.3 Å². The van der Waals surface area contributed by atoms with Crippen LogP contribution in [0.2, 0.25) is 0 Å². The third kappa shape index (κ3) is 5.03. The second-order valence-corrected chi connectivity index (χ2v) is 9.41. The van der Waals surface area contributed by atoms with Crippen molar-refractivity contribution in [3.05, 3.63) is 54.4 Å². The van der Waals surface area contributed by atoms with Gasteiger partial charge in [0.2, 0.25) is 11.8 Å². The minimum Gasteiger partial charge on any atom is -0.356 e. The van der Waals surface area contributed by atoms with Crippen molar-refractivity contribution in [2.45, 2.75) is 58.3 Å². The van der Waals surface area contributed by atoms with Crippen LogP contribution in [0, 0.1) is 11.3 Å².